The van der Waals surface area contributed by atoms with Crippen molar-refractivity contribution in [2.75, 3.05) is 17.7 Å². The van der Waals surface area contributed by atoms with Gasteiger partial charge in [0.25, 0.3) is 5.69 Å². The second-order valence-electron chi connectivity index (χ2n) is 6.65. The van der Waals surface area contributed by atoms with Gasteiger partial charge in [-0.1, -0.05) is 11.8 Å². The number of carbonyl (C=O) groups is 1. The summed E-state index contributed by atoms with van der Waals surface area (Å²) in [5, 5.41) is 19.4. The molecule has 1 amide bonds. The minimum absolute atomic E-state index is 0.0434. The molecule has 0 spiro atoms. The Hall–Kier alpha value is -4.06. The smallest absolute Gasteiger partial charge is 0.296 e. The maximum atomic E-state index is 13.2. The van der Waals surface area contributed by atoms with Crippen LogP contribution in [-0.2, 0) is 4.79 Å². The third kappa shape index (κ3) is 4.90. The number of thioether (sulfide) groups is 1. The van der Waals surface area contributed by atoms with Crippen LogP contribution >= 0.6 is 11.8 Å². The lowest BCUT2D eigenvalue weighted by atomic mass is 10.2. The molecule has 0 bridgehead atoms. The van der Waals surface area contributed by atoms with E-state index in [4.69, 9.17) is 4.74 Å². The van der Waals surface area contributed by atoms with E-state index in [1.54, 1.807) is 36.0 Å². The third-order valence-electron chi connectivity index (χ3n) is 4.49. The monoisotopic (exact) mass is 468 g/mol. The summed E-state index contributed by atoms with van der Waals surface area (Å²) in [4.78, 5) is 31.7. The number of benzene rings is 2. The molecule has 0 aliphatic heterocycles. The molecule has 2 aromatic heterocycles. The van der Waals surface area contributed by atoms with Crippen LogP contribution in [0.25, 0.3) is 16.7 Å². The average molecular weight is 468 g/mol. The zero-order valence-corrected chi connectivity index (χ0v) is 18.1. The van der Waals surface area contributed by atoms with Crippen molar-refractivity contribution in [2.24, 2.45) is 0 Å². The number of nitro benzene ring substituents is 1. The molecule has 2 heterocycles. The molecule has 33 heavy (non-hydrogen) atoms. The highest BCUT2D eigenvalue weighted by molar-refractivity contribution is 8.00. The minimum Gasteiger partial charge on any atom is -0.494 e. The minimum atomic E-state index is -0.580. The number of ether oxygens (including phenoxy) is 1. The predicted molar refractivity (Wildman–Crippen MR) is 120 cm³/mol. The van der Waals surface area contributed by atoms with E-state index in [0.717, 1.165) is 11.8 Å². The first-order chi connectivity index (χ1) is 16.0. The highest BCUT2D eigenvalue weighted by Gasteiger charge is 2.18. The second-order valence-corrected chi connectivity index (χ2v) is 7.62. The van der Waals surface area contributed by atoms with Gasteiger partial charge >= 0.3 is 0 Å². The van der Waals surface area contributed by atoms with Gasteiger partial charge in [0.2, 0.25) is 5.91 Å². The van der Waals surface area contributed by atoms with Gasteiger partial charge in [-0.2, -0.15) is 5.10 Å². The maximum Gasteiger partial charge on any atom is 0.296 e. The number of nitrogens with zero attached hydrogens (tertiary/aromatic N) is 5. The van der Waals surface area contributed by atoms with Crippen LogP contribution in [0.2, 0.25) is 0 Å². The van der Waals surface area contributed by atoms with Crippen LogP contribution in [0.1, 0.15) is 6.92 Å². The Morgan fingerprint density at radius 3 is 2.76 bits per heavy atom. The van der Waals surface area contributed by atoms with Crippen molar-refractivity contribution in [1.29, 1.82) is 0 Å². The summed E-state index contributed by atoms with van der Waals surface area (Å²) >= 11 is 1.14. The summed E-state index contributed by atoms with van der Waals surface area (Å²) < 4.78 is 20.0. The lowest BCUT2D eigenvalue weighted by molar-refractivity contribution is -0.384. The van der Waals surface area contributed by atoms with E-state index in [2.05, 4.69) is 20.4 Å². The number of nitrogens with one attached hydrogen (secondary N) is 1. The lowest BCUT2D eigenvalue weighted by Gasteiger charge is -2.08. The van der Waals surface area contributed by atoms with Gasteiger partial charge in [0, 0.05) is 0 Å². The zero-order valence-electron chi connectivity index (χ0n) is 17.3. The largest absolute Gasteiger partial charge is 0.494 e. The Morgan fingerprint density at radius 2 is 2.03 bits per heavy atom. The van der Waals surface area contributed by atoms with Crippen LogP contribution in [0.15, 0.2) is 60.0 Å². The molecule has 0 aliphatic carbocycles. The van der Waals surface area contributed by atoms with Gasteiger partial charge < -0.3 is 10.1 Å². The fourth-order valence-electron chi connectivity index (χ4n) is 3.05. The van der Waals surface area contributed by atoms with Crippen molar-refractivity contribution < 1.29 is 18.8 Å². The lowest BCUT2D eigenvalue weighted by Crippen LogP contribution is -2.15. The highest BCUT2D eigenvalue weighted by atomic mass is 32.2. The van der Waals surface area contributed by atoms with Crippen LogP contribution in [0.3, 0.4) is 0 Å². The molecule has 1 N–H and O–H groups in total. The average Bonchev–Trinajstić information content (AvgIpc) is 3.24. The van der Waals surface area contributed by atoms with E-state index in [0.29, 0.717) is 34.1 Å². The summed E-state index contributed by atoms with van der Waals surface area (Å²) in [5.41, 5.74) is 0.943. The number of anilines is 1. The van der Waals surface area contributed by atoms with Gasteiger partial charge in [0.15, 0.2) is 5.65 Å². The van der Waals surface area contributed by atoms with Crippen LogP contribution in [0.4, 0.5) is 15.8 Å². The van der Waals surface area contributed by atoms with E-state index in [1.165, 1.54) is 30.6 Å². The quantitative estimate of drug-likeness (QED) is 0.178. The number of rotatable bonds is 8. The molecule has 4 aromatic rings. The summed E-state index contributed by atoms with van der Waals surface area (Å²) in [7, 11) is 0. The molecule has 12 heteroatoms. The topological polar surface area (TPSA) is 125 Å². The third-order valence-corrected chi connectivity index (χ3v) is 5.50. The van der Waals surface area contributed by atoms with Crippen molar-refractivity contribution in [3.63, 3.8) is 0 Å². The van der Waals surface area contributed by atoms with Gasteiger partial charge in [-0.3, -0.25) is 14.9 Å². The number of halogens is 1. The fourth-order valence-corrected chi connectivity index (χ4v) is 3.81. The number of carbonyl (C=O) groups excluding carboxylic acids is 1. The van der Waals surface area contributed by atoms with E-state index < -0.39 is 10.8 Å². The summed E-state index contributed by atoms with van der Waals surface area (Å²) in [6.45, 7) is 2.14. The molecule has 2 aromatic carbocycles. The van der Waals surface area contributed by atoms with Crippen LogP contribution in [-0.4, -0.2) is 42.9 Å². The van der Waals surface area contributed by atoms with E-state index >= 15 is 0 Å². The Balaban J connectivity index is 1.49. The van der Waals surface area contributed by atoms with E-state index in [9.17, 15) is 19.3 Å². The molecule has 0 unspecified atom stereocenters. The number of hydrogen-bond donors (Lipinski definition) is 1. The van der Waals surface area contributed by atoms with E-state index in [-0.39, 0.29) is 22.9 Å². The number of fused-ring (bicyclic) bond motifs is 1. The second kappa shape index (κ2) is 9.61. The summed E-state index contributed by atoms with van der Waals surface area (Å²) in [5.74, 6) is -0.499. The van der Waals surface area contributed by atoms with Crippen molar-refractivity contribution in [3.05, 3.63) is 70.9 Å². The maximum absolute atomic E-state index is 13.2. The first-order valence-corrected chi connectivity index (χ1v) is 10.7. The molecular formula is C21H17FN6O4S. The molecule has 10 nitrogen and oxygen atoms in total. The van der Waals surface area contributed by atoms with Gasteiger partial charge in [-0.25, -0.2) is 19.0 Å². The molecule has 0 aliphatic rings. The molecule has 0 atom stereocenters. The van der Waals surface area contributed by atoms with Crippen molar-refractivity contribution in [1.82, 2.24) is 19.7 Å². The van der Waals surface area contributed by atoms with Gasteiger partial charge in [-0.15, -0.1) is 0 Å². The van der Waals surface area contributed by atoms with Crippen molar-refractivity contribution in [2.45, 2.75) is 11.9 Å². The molecule has 0 saturated carbocycles. The SMILES string of the molecule is CCOc1ccc(NC(=O)CSc2ncnc3c2cnn3-c2ccc(F)cc2)c([N+](=O)[O-])c1. The van der Waals surface area contributed by atoms with Crippen molar-refractivity contribution >= 4 is 40.1 Å². The molecule has 4 rings (SSSR count). The van der Waals surface area contributed by atoms with Crippen LogP contribution in [0, 0.1) is 15.9 Å². The van der Waals surface area contributed by atoms with Crippen molar-refractivity contribution in [3.8, 4) is 11.4 Å². The summed E-state index contributed by atoms with van der Waals surface area (Å²) in [6, 6.07) is 10.1. The van der Waals surface area contributed by atoms with Gasteiger partial charge in [-0.05, 0) is 43.3 Å². The molecule has 0 saturated heterocycles. The fraction of sp³-hybridized carbons (Fsp3) is 0.143. The van der Waals surface area contributed by atoms with E-state index in [1.807, 2.05) is 0 Å². The molecule has 168 valence electrons. The normalized spacial score (nSPS) is 10.8. The molecular weight excluding hydrogens is 451 g/mol. The van der Waals surface area contributed by atoms with Crippen LogP contribution < -0.4 is 10.1 Å². The Labute approximate surface area is 191 Å². The molecule has 0 fully saturated rings. The number of aromatic nitrogens is 4. The number of nitro groups is 1. The number of amides is 1. The first-order valence-electron chi connectivity index (χ1n) is 9.75. The standard InChI is InChI=1S/C21H17FN6O4S/c1-2-32-15-7-8-17(18(9-15)28(30)31)26-19(29)11-33-21-16-10-25-27(20(16)23-12-24-21)14-5-3-13(22)4-6-14/h3-10,12H,2,11H2,1H3,(H,26,29). The Kier molecular flexibility index (Phi) is 6.45. The predicted octanol–water partition coefficient (Wildman–Crippen LogP) is 3.99. The Morgan fingerprint density at radius 1 is 1.24 bits per heavy atom. The first kappa shape index (κ1) is 22.1. The zero-order chi connectivity index (χ0) is 23.4. The van der Waals surface area contributed by atoms with Gasteiger partial charge in [0.1, 0.15) is 28.6 Å². The highest BCUT2D eigenvalue weighted by Crippen LogP contribution is 2.30. The van der Waals surface area contributed by atoms with Gasteiger partial charge in [0.05, 0.1) is 40.6 Å². The molecule has 0 radical (unpaired) electrons. The Bertz CT molecular complexity index is 1330. The van der Waals surface area contributed by atoms with Crippen LogP contribution in [0.5, 0.6) is 5.75 Å². The summed E-state index contributed by atoms with van der Waals surface area (Å²) in [6.07, 6.45) is 2.91. The number of hydrogen-bond acceptors (Lipinski definition) is 8.